The third-order valence-corrected chi connectivity index (χ3v) is 4.11. The van der Waals surface area contributed by atoms with Gasteiger partial charge in [-0.3, -0.25) is 4.79 Å². The molecule has 0 saturated carbocycles. The monoisotopic (exact) mass is 298 g/mol. The summed E-state index contributed by atoms with van der Waals surface area (Å²) in [4.78, 5) is 11.5. The fourth-order valence-corrected chi connectivity index (χ4v) is 2.91. The Kier molecular flexibility index (Phi) is 5.74. The predicted octanol–water partition coefficient (Wildman–Crippen LogP) is 2.38. The smallest absolute Gasteiger partial charge is 0.321 e. The molecule has 0 unspecified atom stereocenters. The van der Waals surface area contributed by atoms with Crippen LogP contribution in [-0.2, 0) is 25.8 Å². The Balaban J connectivity index is 2.40. The minimum absolute atomic E-state index is 0.00113. The van der Waals surface area contributed by atoms with Crippen LogP contribution in [-0.4, -0.2) is 31.5 Å². The van der Waals surface area contributed by atoms with Crippen molar-refractivity contribution < 1.29 is 17.9 Å². The van der Waals surface area contributed by atoms with E-state index in [1.807, 2.05) is 30.3 Å². The highest BCUT2D eigenvalue weighted by molar-refractivity contribution is 7.92. The summed E-state index contributed by atoms with van der Waals surface area (Å²) in [5.74, 6) is -1.22. The molecule has 0 radical (unpaired) electrons. The number of hydrogen-bond acceptors (Lipinski definition) is 4. The Bertz CT molecular complexity index is 527. The molecule has 0 N–H and O–H groups in total. The number of ether oxygens (including phenoxy) is 1. The average molecular weight is 298 g/mol. The van der Waals surface area contributed by atoms with E-state index < -0.39 is 27.2 Å². The van der Waals surface area contributed by atoms with Crippen molar-refractivity contribution in [2.75, 3.05) is 11.5 Å². The van der Waals surface area contributed by atoms with Gasteiger partial charge in [0.25, 0.3) is 0 Å². The highest BCUT2D eigenvalue weighted by atomic mass is 32.2. The molecular weight excluding hydrogens is 276 g/mol. The first-order chi connectivity index (χ1) is 9.18. The summed E-state index contributed by atoms with van der Waals surface area (Å²) in [7, 11) is -3.40. The van der Waals surface area contributed by atoms with Crippen LogP contribution < -0.4 is 0 Å². The zero-order valence-electron chi connectivity index (χ0n) is 12.3. The lowest BCUT2D eigenvalue weighted by atomic mass is 10.1. The van der Waals surface area contributed by atoms with Gasteiger partial charge in [-0.1, -0.05) is 30.3 Å². The van der Waals surface area contributed by atoms with Gasteiger partial charge in [-0.05, 0) is 39.2 Å². The van der Waals surface area contributed by atoms with Gasteiger partial charge < -0.3 is 4.74 Å². The van der Waals surface area contributed by atoms with Gasteiger partial charge in [0.15, 0.2) is 9.84 Å². The molecule has 0 atom stereocenters. The molecule has 0 fully saturated rings. The summed E-state index contributed by atoms with van der Waals surface area (Å²) in [5.41, 5.74) is 0.441. The van der Waals surface area contributed by atoms with E-state index in [0.29, 0.717) is 12.8 Å². The lowest BCUT2D eigenvalue weighted by Gasteiger charge is -2.19. The van der Waals surface area contributed by atoms with E-state index in [0.717, 1.165) is 5.56 Å². The highest BCUT2D eigenvalue weighted by Gasteiger charge is 2.22. The number of carbonyl (C=O) groups is 1. The predicted molar refractivity (Wildman–Crippen MR) is 79.3 cm³/mol. The Morgan fingerprint density at radius 2 is 1.75 bits per heavy atom. The molecule has 0 aliphatic carbocycles. The number of carbonyl (C=O) groups excluding carboxylic acids is 1. The minimum Gasteiger partial charge on any atom is -0.459 e. The van der Waals surface area contributed by atoms with Crippen LogP contribution in [0.5, 0.6) is 0 Å². The molecule has 0 spiro atoms. The van der Waals surface area contributed by atoms with E-state index in [1.165, 1.54) is 0 Å². The first-order valence-corrected chi connectivity index (χ1v) is 8.46. The van der Waals surface area contributed by atoms with E-state index in [2.05, 4.69) is 0 Å². The number of aryl methyl sites for hydroxylation is 1. The Morgan fingerprint density at radius 1 is 1.15 bits per heavy atom. The molecule has 0 aliphatic rings. The summed E-state index contributed by atoms with van der Waals surface area (Å²) >= 11 is 0. The van der Waals surface area contributed by atoms with Gasteiger partial charge in [-0.25, -0.2) is 8.42 Å². The molecule has 1 aromatic rings. The zero-order chi connectivity index (χ0) is 15.2. The van der Waals surface area contributed by atoms with Crippen LogP contribution in [0.2, 0.25) is 0 Å². The third kappa shape index (κ3) is 7.28. The molecule has 0 saturated heterocycles. The maximum absolute atomic E-state index is 11.8. The summed E-state index contributed by atoms with van der Waals surface area (Å²) in [5, 5.41) is 0. The third-order valence-electron chi connectivity index (χ3n) is 2.52. The van der Waals surface area contributed by atoms with E-state index in [1.54, 1.807) is 20.8 Å². The molecular formula is C15H22O4S. The maximum atomic E-state index is 11.8. The van der Waals surface area contributed by atoms with Crippen LogP contribution in [0.3, 0.4) is 0 Å². The quantitative estimate of drug-likeness (QED) is 0.757. The second kappa shape index (κ2) is 6.88. The summed E-state index contributed by atoms with van der Waals surface area (Å²) < 4.78 is 28.7. The van der Waals surface area contributed by atoms with Crippen LogP contribution in [0.4, 0.5) is 0 Å². The molecule has 4 nitrogen and oxygen atoms in total. The van der Waals surface area contributed by atoms with Crippen molar-refractivity contribution in [2.24, 2.45) is 0 Å². The van der Waals surface area contributed by atoms with E-state index in [-0.39, 0.29) is 5.75 Å². The van der Waals surface area contributed by atoms with Gasteiger partial charge in [-0.2, -0.15) is 0 Å². The highest BCUT2D eigenvalue weighted by Crippen LogP contribution is 2.09. The standard InChI is InChI=1S/C15H22O4S/c1-15(2,3)19-14(16)12-20(17,18)11-7-10-13-8-5-4-6-9-13/h4-6,8-9H,7,10-12H2,1-3H3. The van der Waals surface area contributed by atoms with Crippen molar-refractivity contribution in [3.8, 4) is 0 Å². The van der Waals surface area contributed by atoms with Crippen LogP contribution >= 0.6 is 0 Å². The second-order valence-corrected chi connectivity index (χ2v) is 7.95. The molecule has 20 heavy (non-hydrogen) atoms. The van der Waals surface area contributed by atoms with Gasteiger partial charge in [0, 0.05) is 0 Å². The Labute approximate surface area is 121 Å². The Hall–Kier alpha value is -1.36. The number of esters is 1. The molecule has 0 amide bonds. The van der Waals surface area contributed by atoms with Crippen molar-refractivity contribution in [3.05, 3.63) is 35.9 Å². The fraction of sp³-hybridized carbons (Fsp3) is 0.533. The van der Waals surface area contributed by atoms with Crippen molar-refractivity contribution in [3.63, 3.8) is 0 Å². The molecule has 0 aliphatic heterocycles. The van der Waals surface area contributed by atoms with Crippen molar-refractivity contribution >= 4 is 15.8 Å². The Morgan fingerprint density at radius 3 is 2.30 bits per heavy atom. The summed E-state index contributed by atoms with van der Waals surface area (Å²) in [6, 6.07) is 9.68. The van der Waals surface area contributed by atoms with Crippen LogP contribution in [0, 0.1) is 0 Å². The van der Waals surface area contributed by atoms with E-state index in [9.17, 15) is 13.2 Å². The number of hydrogen-bond donors (Lipinski definition) is 0. The normalized spacial score (nSPS) is 12.2. The molecule has 1 rings (SSSR count). The van der Waals surface area contributed by atoms with Crippen molar-refractivity contribution in [1.82, 2.24) is 0 Å². The van der Waals surface area contributed by atoms with Crippen LogP contribution in [0.15, 0.2) is 30.3 Å². The number of sulfone groups is 1. The zero-order valence-corrected chi connectivity index (χ0v) is 13.1. The maximum Gasteiger partial charge on any atom is 0.321 e. The van der Waals surface area contributed by atoms with Gasteiger partial charge >= 0.3 is 5.97 Å². The van der Waals surface area contributed by atoms with Crippen molar-refractivity contribution in [2.45, 2.75) is 39.2 Å². The molecule has 112 valence electrons. The lowest BCUT2D eigenvalue weighted by Crippen LogP contribution is -2.29. The molecule has 0 bridgehead atoms. The fourth-order valence-electron chi connectivity index (χ4n) is 1.76. The minimum atomic E-state index is -3.40. The van der Waals surface area contributed by atoms with Gasteiger partial charge in [0.2, 0.25) is 0 Å². The number of rotatable bonds is 6. The van der Waals surface area contributed by atoms with Gasteiger partial charge in [0.05, 0.1) is 5.75 Å². The van der Waals surface area contributed by atoms with E-state index in [4.69, 9.17) is 4.74 Å². The van der Waals surface area contributed by atoms with Gasteiger partial charge in [-0.15, -0.1) is 0 Å². The van der Waals surface area contributed by atoms with Crippen LogP contribution in [0.1, 0.15) is 32.8 Å². The first kappa shape index (κ1) is 16.7. The summed E-state index contributed by atoms with van der Waals surface area (Å²) in [6.07, 6.45) is 1.20. The average Bonchev–Trinajstić information content (AvgIpc) is 2.26. The van der Waals surface area contributed by atoms with Gasteiger partial charge in [0.1, 0.15) is 11.4 Å². The molecule has 5 heteroatoms. The van der Waals surface area contributed by atoms with Crippen molar-refractivity contribution in [1.29, 1.82) is 0 Å². The van der Waals surface area contributed by atoms with Crippen LogP contribution in [0.25, 0.3) is 0 Å². The second-order valence-electron chi connectivity index (χ2n) is 5.77. The molecule has 0 aromatic heterocycles. The molecule has 0 heterocycles. The summed E-state index contributed by atoms with van der Waals surface area (Å²) in [6.45, 7) is 5.15. The van der Waals surface area contributed by atoms with E-state index >= 15 is 0 Å². The first-order valence-electron chi connectivity index (χ1n) is 6.64. The number of benzene rings is 1. The SMILES string of the molecule is CC(C)(C)OC(=O)CS(=O)(=O)CCCc1ccccc1. The largest absolute Gasteiger partial charge is 0.459 e. The topological polar surface area (TPSA) is 60.4 Å². The lowest BCUT2D eigenvalue weighted by molar-refractivity contribution is -0.151. The molecule has 1 aromatic carbocycles.